The summed E-state index contributed by atoms with van der Waals surface area (Å²) in [5.41, 5.74) is 1.02. The number of carbonyl (C=O) groups is 2. The van der Waals surface area contributed by atoms with Gasteiger partial charge in [-0.1, -0.05) is 35.3 Å². The van der Waals surface area contributed by atoms with Gasteiger partial charge in [-0.25, -0.2) is 4.39 Å². The van der Waals surface area contributed by atoms with Crippen molar-refractivity contribution < 1.29 is 18.7 Å². The van der Waals surface area contributed by atoms with Gasteiger partial charge in [0.2, 0.25) is 5.91 Å². The summed E-state index contributed by atoms with van der Waals surface area (Å²) < 4.78 is 18.0. The minimum atomic E-state index is -0.374. The summed E-state index contributed by atoms with van der Waals surface area (Å²) in [6.45, 7) is 2.20. The highest BCUT2D eigenvalue weighted by atomic mass is 35.5. The zero-order valence-electron chi connectivity index (χ0n) is 14.9. The van der Waals surface area contributed by atoms with Gasteiger partial charge < -0.3 is 15.0 Å². The van der Waals surface area contributed by atoms with Crippen molar-refractivity contribution in [1.29, 1.82) is 0 Å². The molecule has 0 aliphatic rings. The molecule has 5 nitrogen and oxygen atoms in total. The fraction of sp³-hybridized carbons (Fsp3) is 0.263. The maximum absolute atomic E-state index is 12.9. The number of hydrogen-bond donors (Lipinski definition) is 1. The number of likely N-dealkylation sites (N-methyl/N-ethyl adjacent to an activating group) is 1. The van der Waals surface area contributed by atoms with Crippen LogP contribution in [0, 0.1) is 5.82 Å². The summed E-state index contributed by atoms with van der Waals surface area (Å²) in [5, 5.41) is 3.13. The molecule has 0 spiro atoms. The maximum Gasteiger partial charge on any atom is 0.254 e. The number of nitrogens with zero attached hydrogens (tertiary/aromatic N) is 1. The fourth-order valence-electron chi connectivity index (χ4n) is 2.42. The molecule has 0 atom stereocenters. The van der Waals surface area contributed by atoms with E-state index in [-0.39, 0.29) is 52.1 Å². The Bertz CT molecular complexity index is 805. The quantitative estimate of drug-likeness (QED) is 0.749. The smallest absolute Gasteiger partial charge is 0.254 e. The number of methoxy groups -OCH3 is 1. The maximum atomic E-state index is 12.9. The molecule has 0 saturated heterocycles. The number of ether oxygens (including phenoxy) is 1. The van der Waals surface area contributed by atoms with Crippen LogP contribution in [-0.4, -0.2) is 36.9 Å². The van der Waals surface area contributed by atoms with Gasteiger partial charge in [-0.2, -0.15) is 0 Å². The van der Waals surface area contributed by atoms with Gasteiger partial charge in [-0.3, -0.25) is 9.59 Å². The molecule has 0 aliphatic heterocycles. The second-order valence-corrected chi connectivity index (χ2v) is 6.51. The van der Waals surface area contributed by atoms with Gasteiger partial charge >= 0.3 is 0 Å². The van der Waals surface area contributed by atoms with Crippen molar-refractivity contribution in [1.82, 2.24) is 10.2 Å². The lowest BCUT2D eigenvalue weighted by Crippen LogP contribution is -2.40. The zero-order chi connectivity index (χ0) is 20.0. The van der Waals surface area contributed by atoms with Crippen molar-refractivity contribution in [2.75, 3.05) is 20.2 Å². The summed E-state index contributed by atoms with van der Waals surface area (Å²) in [5.74, 6) is -0.763. The van der Waals surface area contributed by atoms with Gasteiger partial charge in [-0.05, 0) is 36.8 Å². The number of nitrogens with one attached hydrogen (secondary N) is 1. The molecule has 0 unspecified atom stereocenters. The van der Waals surface area contributed by atoms with E-state index in [1.54, 1.807) is 19.1 Å². The van der Waals surface area contributed by atoms with Crippen molar-refractivity contribution in [2.24, 2.45) is 0 Å². The number of halogens is 3. The van der Waals surface area contributed by atoms with E-state index in [1.165, 1.54) is 36.3 Å². The molecule has 0 radical (unpaired) electrons. The van der Waals surface area contributed by atoms with E-state index in [0.717, 1.165) is 5.56 Å². The molecule has 0 saturated carbocycles. The Morgan fingerprint density at radius 3 is 2.26 bits per heavy atom. The molecule has 8 heteroatoms. The first-order valence-corrected chi connectivity index (χ1v) is 8.94. The van der Waals surface area contributed by atoms with Crippen LogP contribution in [0.2, 0.25) is 10.0 Å². The van der Waals surface area contributed by atoms with Gasteiger partial charge in [0.1, 0.15) is 5.82 Å². The molecule has 2 aromatic carbocycles. The van der Waals surface area contributed by atoms with E-state index >= 15 is 0 Å². The molecule has 0 bridgehead atoms. The van der Waals surface area contributed by atoms with Crippen LogP contribution >= 0.6 is 23.2 Å². The summed E-state index contributed by atoms with van der Waals surface area (Å²) in [6.07, 6.45) is 0. The number of rotatable bonds is 7. The monoisotopic (exact) mass is 412 g/mol. The van der Waals surface area contributed by atoms with Crippen LogP contribution in [0.15, 0.2) is 36.4 Å². The van der Waals surface area contributed by atoms with Crippen molar-refractivity contribution in [3.05, 3.63) is 63.4 Å². The normalized spacial score (nSPS) is 10.4. The third kappa shape index (κ3) is 5.58. The summed E-state index contributed by atoms with van der Waals surface area (Å²) >= 11 is 12.1. The van der Waals surface area contributed by atoms with Crippen LogP contribution in [-0.2, 0) is 11.3 Å². The van der Waals surface area contributed by atoms with E-state index in [1.807, 2.05) is 0 Å². The Labute approximate surface area is 167 Å². The van der Waals surface area contributed by atoms with Crippen LogP contribution in [0.1, 0.15) is 22.8 Å². The average Bonchev–Trinajstić information content (AvgIpc) is 2.64. The van der Waals surface area contributed by atoms with E-state index < -0.39 is 0 Å². The Kier molecular flexibility index (Phi) is 7.45. The van der Waals surface area contributed by atoms with Gasteiger partial charge in [0.05, 0.1) is 23.7 Å². The highest BCUT2D eigenvalue weighted by molar-refractivity contribution is 6.37. The first-order chi connectivity index (χ1) is 12.8. The van der Waals surface area contributed by atoms with Crippen LogP contribution in [0.5, 0.6) is 5.75 Å². The fourth-order valence-corrected chi connectivity index (χ4v) is 3.06. The topological polar surface area (TPSA) is 58.6 Å². The summed E-state index contributed by atoms with van der Waals surface area (Å²) in [4.78, 5) is 26.2. The molecule has 0 fully saturated rings. The molecule has 2 rings (SSSR count). The SMILES string of the molecule is CCN(CC(=O)NCc1ccc(F)cc1)C(=O)c1cc(Cl)c(OC)c(Cl)c1. The van der Waals surface area contributed by atoms with Crippen molar-refractivity contribution >= 4 is 35.0 Å². The molecule has 0 heterocycles. The van der Waals surface area contributed by atoms with E-state index in [0.29, 0.717) is 6.54 Å². The van der Waals surface area contributed by atoms with Crippen LogP contribution < -0.4 is 10.1 Å². The van der Waals surface area contributed by atoms with Crippen LogP contribution in [0.3, 0.4) is 0 Å². The summed E-state index contributed by atoms with van der Waals surface area (Å²) in [6, 6.07) is 8.71. The van der Waals surface area contributed by atoms with E-state index in [4.69, 9.17) is 27.9 Å². The summed E-state index contributed by atoms with van der Waals surface area (Å²) in [7, 11) is 1.43. The molecule has 0 aromatic heterocycles. The van der Waals surface area contributed by atoms with Crippen LogP contribution in [0.4, 0.5) is 4.39 Å². The van der Waals surface area contributed by atoms with Crippen molar-refractivity contribution in [3.8, 4) is 5.75 Å². The lowest BCUT2D eigenvalue weighted by atomic mass is 10.2. The predicted molar refractivity (Wildman–Crippen MR) is 103 cm³/mol. The van der Waals surface area contributed by atoms with Gasteiger partial charge in [-0.15, -0.1) is 0 Å². The number of benzene rings is 2. The minimum absolute atomic E-state index is 0.127. The average molecular weight is 413 g/mol. The minimum Gasteiger partial charge on any atom is -0.494 e. The Morgan fingerprint density at radius 2 is 1.74 bits per heavy atom. The second kappa shape index (κ2) is 9.58. The highest BCUT2D eigenvalue weighted by Gasteiger charge is 2.20. The lowest BCUT2D eigenvalue weighted by molar-refractivity contribution is -0.121. The molecule has 1 N–H and O–H groups in total. The largest absolute Gasteiger partial charge is 0.494 e. The van der Waals surface area contributed by atoms with Gasteiger partial charge in [0, 0.05) is 18.7 Å². The number of carbonyl (C=O) groups excluding carboxylic acids is 2. The van der Waals surface area contributed by atoms with Crippen LogP contribution in [0.25, 0.3) is 0 Å². The standard InChI is InChI=1S/C19H19Cl2FN2O3/c1-3-24(11-17(25)23-10-12-4-6-14(22)7-5-12)19(26)13-8-15(20)18(27-2)16(21)9-13/h4-9H,3,10-11H2,1-2H3,(H,23,25). The molecule has 0 aliphatic carbocycles. The van der Waals surface area contributed by atoms with Crippen molar-refractivity contribution in [3.63, 3.8) is 0 Å². The predicted octanol–water partition coefficient (Wildman–Crippen LogP) is 3.92. The third-order valence-corrected chi connectivity index (χ3v) is 4.42. The first-order valence-electron chi connectivity index (χ1n) is 8.19. The Balaban J connectivity index is 2.02. The van der Waals surface area contributed by atoms with Gasteiger partial charge in [0.25, 0.3) is 5.91 Å². The van der Waals surface area contributed by atoms with Gasteiger partial charge in [0.15, 0.2) is 5.75 Å². The van der Waals surface area contributed by atoms with E-state index in [9.17, 15) is 14.0 Å². The number of hydrogen-bond acceptors (Lipinski definition) is 3. The third-order valence-electron chi connectivity index (χ3n) is 3.86. The zero-order valence-corrected chi connectivity index (χ0v) is 16.4. The highest BCUT2D eigenvalue weighted by Crippen LogP contribution is 2.34. The number of amides is 2. The van der Waals surface area contributed by atoms with Crippen molar-refractivity contribution in [2.45, 2.75) is 13.5 Å². The molecule has 27 heavy (non-hydrogen) atoms. The Morgan fingerprint density at radius 1 is 1.15 bits per heavy atom. The Hall–Kier alpha value is -2.31. The first kappa shape index (κ1) is 21.0. The lowest BCUT2D eigenvalue weighted by Gasteiger charge is -2.21. The molecule has 2 amide bonds. The second-order valence-electron chi connectivity index (χ2n) is 5.70. The molecule has 144 valence electrons. The molecular weight excluding hydrogens is 394 g/mol. The van der Waals surface area contributed by atoms with E-state index in [2.05, 4.69) is 5.32 Å². The molecule has 2 aromatic rings. The molecular formula is C19H19Cl2FN2O3.